The van der Waals surface area contributed by atoms with Gasteiger partial charge in [0, 0.05) is 12.7 Å². The summed E-state index contributed by atoms with van der Waals surface area (Å²) in [6.45, 7) is 2.22. The average molecular weight is 416 g/mol. The lowest BCUT2D eigenvalue weighted by atomic mass is 9.94. The number of fused-ring (bicyclic) bond motifs is 1. The van der Waals surface area contributed by atoms with Crippen LogP contribution in [-0.4, -0.2) is 18.6 Å². The Labute approximate surface area is 181 Å². The summed E-state index contributed by atoms with van der Waals surface area (Å²) in [4.78, 5) is 24.5. The summed E-state index contributed by atoms with van der Waals surface area (Å²) >= 11 is 0. The van der Waals surface area contributed by atoms with Crippen molar-refractivity contribution in [3.8, 4) is 22.6 Å². The second-order valence-electron chi connectivity index (χ2n) is 8.08. The highest BCUT2D eigenvalue weighted by molar-refractivity contribution is 6.02. The second-order valence-corrected chi connectivity index (χ2v) is 8.08. The van der Waals surface area contributed by atoms with Crippen molar-refractivity contribution < 1.29 is 20.5 Å². The summed E-state index contributed by atoms with van der Waals surface area (Å²) < 4.78 is 10.9. The minimum atomic E-state index is -0.533. The maximum atomic E-state index is 13.2. The van der Waals surface area contributed by atoms with Gasteiger partial charge in [-0.15, -0.1) is 0 Å². The minimum Gasteiger partial charge on any atom is -0.454 e. The molecule has 0 unspecified atom stereocenters. The predicted molar refractivity (Wildman–Crippen MR) is 119 cm³/mol. The van der Waals surface area contributed by atoms with Crippen LogP contribution < -0.4 is 20.5 Å². The molecule has 0 saturated heterocycles. The number of primary amides is 1. The van der Waals surface area contributed by atoms with Gasteiger partial charge in [0.15, 0.2) is 11.5 Å². The fraction of sp³-hybridized carbons (Fsp3) is 0.200. The number of nitrogens with one attached hydrogen (secondary N) is 1. The molecule has 2 amide bonds. The normalized spacial score (nSPS) is 15.4. The smallest absolute Gasteiger partial charge is 0.248 e. The minimum absolute atomic E-state index is 0. The molecule has 0 spiro atoms. The average Bonchev–Trinajstić information content (AvgIpc) is 3.46. The van der Waals surface area contributed by atoms with Crippen molar-refractivity contribution >= 4 is 17.5 Å². The van der Waals surface area contributed by atoms with Crippen molar-refractivity contribution in [1.29, 1.82) is 0 Å². The molecule has 1 aliphatic carbocycles. The molecule has 3 aromatic rings. The Morgan fingerprint density at radius 3 is 2.42 bits per heavy atom. The van der Waals surface area contributed by atoms with Crippen LogP contribution >= 0.6 is 0 Å². The quantitative estimate of drug-likeness (QED) is 0.645. The van der Waals surface area contributed by atoms with Crippen LogP contribution in [0.5, 0.6) is 11.5 Å². The van der Waals surface area contributed by atoms with E-state index in [9.17, 15) is 9.59 Å². The van der Waals surface area contributed by atoms with Crippen molar-refractivity contribution in [1.82, 2.24) is 0 Å². The molecule has 0 radical (unpaired) electrons. The largest absolute Gasteiger partial charge is 0.454 e. The number of rotatable bonds is 5. The third-order valence-corrected chi connectivity index (χ3v) is 6.09. The summed E-state index contributed by atoms with van der Waals surface area (Å²) in [6.07, 6.45) is 1.59. The second kappa shape index (κ2) is 7.16. The highest BCUT2D eigenvalue weighted by atomic mass is 16.7. The van der Waals surface area contributed by atoms with Crippen LogP contribution in [0.25, 0.3) is 11.1 Å². The van der Waals surface area contributed by atoms with E-state index in [1.54, 1.807) is 12.1 Å². The first-order chi connectivity index (χ1) is 15.0. The number of amides is 2. The summed E-state index contributed by atoms with van der Waals surface area (Å²) in [5, 5.41) is 3.09. The Balaban J connectivity index is 0.00000245. The van der Waals surface area contributed by atoms with Crippen LogP contribution in [0.1, 0.15) is 35.8 Å². The first-order valence-electron chi connectivity index (χ1n) is 10.2. The van der Waals surface area contributed by atoms with E-state index < -0.39 is 11.3 Å². The first-order valence-corrected chi connectivity index (χ1v) is 10.2. The van der Waals surface area contributed by atoms with Crippen molar-refractivity contribution in [3.63, 3.8) is 0 Å². The lowest BCUT2D eigenvalue weighted by Gasteiger charge is -2.17. The topological polar surface area (TPSA) is 90.7 Å². The first kappa shape index (κ1) is 19.2. The van der Waals surface area contributed by atoms with Gasteiger partial charge in [0.2, 0.25) is 18.6 Å². The van der Waals surface area contributed by atoms with Crippen LogP contribution in [0, 0.1) is 6.92 Å². The van der Waals surface area contributed by atoms with Crippen LogP contribution in [0.3, 0.4) is 0 Å². The van der Waals surface area contributed by atoms with Gasteiger partial charge in [0.05, 0.1) is 5.41 Å². The molecule has 2 aliphatic rings. The zero-order valence-corrected chi connectivity index (χ0v) is 17.1. The molecule has 0 bridgehead atoms. The van der Waals surface area contributed by atoms with Crippen molar-refractivity contribution in [2.24, 2.45) is 5.73 Å². The molecule has 6 nitrogen and oxygen atoms in total. The number of benzene rings is 3. The van der Waals surface area contributed by atoms with E-state index in [1.165, 1.54) is 0 Å². The Hall–Kier alpha value is -3.80. The molecule has 1 heterocycles. The SMILES string of the molecule is Cc1ccc(NC(=O)C2(c3ccc4c(c3)OCO4)CC2)cc1-c1ccc(C(N)=O)cc1.[HH]. The number of aryl methyl sites for hydroxylation is 1. The van der Waals surface area contributed by atoms with Crippen molar-refractivity contribution in [2.45, 2.75) is 25.2 Å². The Morgan fingerprint density at radius 2 is 1.71 bits per heavy atom. The molecule has 0 aromatic heterocycles. The van der Waals surface area contributed by atoms with Crippen molar-refractivity contribution in [3.05, 3.63) is 77.4 Å². The fourth-order valence-electron chi connectivity index (χ4n) is 4.04. The fourth-order valence-corrected chi connectivity index (χ4v) is 4.04. The van der Waals surface area contributed by atoms with Gasteiger partial charge in [0.1, 0.15) is 0 Å². The van der Waals surface area contributed by atoms with E-state index in [0.29, 0.717) is 17.1 Å². The van der Waals surface area contributed by atoms with Crippen LogP contribution in [0.2, 0.25) is 0 Å². The molecule has 0 atom stereocenters. The van der Waals surface area contributed by atoms with Gasteiger partial charge in [-0.25, -0.2) is 0 Å². The lowest BCUT2D eigenvalue weighted by Crippen LogP contribution is -2.27. The number of anilines is 1. The Kier molecular flexibility index (Phi) is 4.43. The monoisotopic (exact) mass is 416 g/mol. The van der Waals surface area contributed by atoms with Crippen LogP contribution in [-0.2, 0) is 10.2 Å². The summed E-state index contributed by atoms with van der Waals surface area (Å²) in [5.74, 6) is 0.923. The van der Waals surface area contributed by atoms with Gasteiger partial charge >= 0.3 is 0 Å². The van der Waals surface area contributed by atoms with E-state index in [1.807, 2.05) is 55.5 Å². The van der Waals surface area contributed by atoms with Gasteiger partial charge < -0.3 is 20.5 Å². The number of carbonyl (C=O) groups is 2. The highest BCUT2D eigenvalue weighted by Crippen LogP contribution is 2.51. The van der Waals surface area contributed by atoms with Gasteiger partial charge in [-0.2, -0.15) is 0 Å². The maximum absolute atomic E-state index is 13.2. The van der Waals surface area contributed by atoms with E-state index >= 15 is 0 Å². The van der Waals surface area contributed by atoms with Crippen molar-refractivity contribution in [2.75, 3.05) is 12.1 Å². The van der Waals surface area contributed by atoms with Gasteiger partial charge in [-0.05, 0) is 78.4 Å². The van der Waals surface area contributed by atoms with Crippen LogP contribution in [0.15, 0.2) is 60.7 Å². The molecule has 6 heteroatoms. The van der Waals surface area contributed by atoms with E-state index in [0.717, 1.165) is 40.8 Å². The van der Waals surface area contributed by atoms with Gasteiger partial charge in [0.25, 0.3) is 0 Å². The lowest BCUT2D eigenvalue weighted by molar-refractivity contribution is -0.118. The van der Waals surface area contributed by atoms with E-state index in [2.05, 4.69) is 5.32 Å². The zero-order chi connectivity index (χ0) is 21.6. The molecule has 1 fully saturated rings. The number of ether oxygens (including phenoxy) is 2. The third kappa shape index (κ3) is 3.40. The molecular formula is C25H24N2O4. The van der Waals surface area contributed by atoms with E-state index in [-0.39, 0.29) is 14.1 Å². The predicted octanol–water partition coefficient (Wildman–Crippen LogP) is 4.41. The van der Waals surface area contributed by atoms with Gasteiger partial charge in [-0.3, -0.25) is 9.59 Å². The summed E-state index contributed by atoms with van der Waals surface area (Å²) in [6, 6.07) is 18.7. The molecule has 1 saturated carbocycles. The van der Waals surface area contributed by atoms with E-state index in [4.69, 9.17) is 15.2 Å². The zero-order valence-electron chi connectivity index (χ0n) is 17.1. The number of hydrogen-bond donors (Lipinski definition) is 2. The number of hydrogen-bond acceptors (Lipinski definition) is 4. The summed E-state index contributed by atoms with van der Waals surface area (Å²) in [7, 11) is 0. The molecule has 31 heavy (non-hydrogen) atoms. The Morgan fingerprint density at radius 1 is 0.968 bits per heavy atom. The molecule has 5 rings (SSSR count). The highest BCUT2D eigenvalue weighted by Gasteiger charge is 2.51. The standard InChI is InChI=1S/C25H22N2O4.H2/c1-15-2-8-19(13-20(15)16-3-5-17(6-4-16)23(26)28)27-24(29)25(10-11-25)18-7-9-21-22(12-18)31-14-30-21;/h2-9,12-13H,10-11,14H2,1H3,(H2,26,28)(H,27,29);1H. The summed E-state index contributed by atoms with van der Waals surface area (Å²) in [5.41, 5.74) is 9.96. The maximum Gasteiger partial charge on any atom is 0.248 e. The van der Waals surface area contributed by atoms with Crippen LogP contribution in [0.4, 0.5) is 5.69 Å². The molecule has 158 valence electrons. The molecule has 3 aromatic carbocycles. The Bertz CT molecular complexity index is 1200. The number of nitrogens with two attached hydrogens (primary N) is 1. The molecule has 3 N–H and O–H groups in total. The molecular weight excluding hydrogens is 392 g/mol. The van der Waals surface area contributed by atoms with Gasteiger partial charge in [-0.1, -0.05) is 24.3 Å². The number of carbonyl (C=O) groups excluding carboxylic acids is 2. The molecule has 1 aliphatic heterocycles. The third-order valence-electron chi connectivity index (χ3n) is 6.09.